The average Bonchev–Trinajstić information content (AvgIpc) is 3.05. The second-order valence-electron chi connectivity index (χ2n) is 6.36. The Hall–Kier alpha value is -2.71. The molecule has 0 saturated carbocycles. The fraction of sp³-hybridized carbons (Fsp3) is 0.200. The average molecular weight is 458 g/mol. The maximum atomic E-state index is 13.5. The van der Waals surface area contributed by atoms with Gasteiger partial charge in [-0.25, -0.2) is 13.5 Å². The highest BCUT2D eigenvalue weighted by atomic mass is 35.5. The third-order valence-corrected chi connectivity index (χ3v) is 4.84. The van der Waals surface area contributed by atoms with Gasteiger partial charge in [-0.3, -0.25) is 4.79 Å². The predicted molar refractivity (Wildman–Crippen MR) is 109 cm³/mol. The van der Waals surface area contributed by atoms with E-state index in [9.17, 15) is 18.0 Å². The Labute approximate surface area is 180 Å². The Kier molecular flexibility index (Phi) is 6.58. The van der Waals surface area contributed by atoms with Crippen LogP contribution >= 0.6 is 23.2 Å². The van der Waals surface area contributed by atoms with Crippen LogP contribution in [0.3, 0.4) is 0 Å². The maximum absolute atomic E-state index is 13.5. The molecule has 0 aliphatic rings. The third-order valence-electron chi connectivity index (χ3n) is 4.30. The van der Waals surface area contributed by atoms with Gasteiger partial charge in [-0.2, -0.15) is 9.49 Å². The summed E-state index contributed by atoms with van der Waals surface area (Å²) < 4.78 is 45.0. The maximum Gasteiger partial charge on any atom is 0.271 e. The molecule has 30 heavy (non-hydrogen) atoms. The predicted octanol–water partition coefficient (Wildman–Crippen LogP) is 5.24. The molecule has 2 N–H and O–H groups in total. The largest absolute Gasteiger partial charge is 0.457 e. The number of amides is 1. The number of halogens is 5. The summed E-state index contributed by atoms with van der Waals surface area (Å²) in [5.41, 5.74) is 7.51. The van der Waals surface area contributed by atoms with E-state index in [0.29, 0.717) is 32.6 Å². The first kappa shape index (κ1) is 22.0. The molecule has 1 amide bonds. The molecule has 2 atom stereocenters. The summed E-state index contributed by atoms with van der Waals surface area (Å²) in [6.45, 7) is 0.176. The zero-order valence-electron chi connectivity index (χ0n) is 15.6. The molecule has 0 aliphatic carbocycles. The number of rotatable bonds is 7. The minimum absolute atomic E-state index is 0.00529. The summed E-state index contributed by atoms with van der Waals surface area (Å²) in [4.78, 5) is 11.8. The van der Waals surface area contributed by atoms with E-state index in [1.165, 1.54) is 22.9 Å². The van der Waals surface area contributed by atoms with Gasteiger partial charge in [-0.05, 0) is 49.4 Å². The number of nitrogens with zero attached hydrogens (tertiary/aromatic N) is 2. The zero-order valence-corrected chi connectivity index (χ0v) is 17.1. The number of ether oxygens (including phenoxy) is 1. The zero-order chi connectivity index (χ0) is 22.0. The number of hydrogen-bond donors (Lipinski definition) is 1. The number of alkyl halides is 3. The van der Waals surface area contributed by atoms with Gasteiger partial charge in [0.15, 0.2) is 11.9 Å². The van der Waals surface area contributed by atoms with E-state index in [0.717, 1.165) is 0 Å². The molecule has 1 aromatic heterocycles. The number of nitrogens with two attached hydrogens (primary N) is 1. The minimum atomic E-state index is -2.43. The van der Waals surface area contributed by atoms with Crippen molar-refractivity contribution in [1.29, 1.82) is 0 Å². The summed E-state index contributed by atoms with van der Waals surface area (Å²) in [5.74, 6) is -0.719. The van der Waals surface area contributed by atoms with E-state index in [4.69, 9.17) is 33.7 Å². The van der Waals surface area contributed by atoms with Crippen LogP contribution in [0.4, 0.5) is 13.2 Å². The fourth-order valence-electron chi connectivity index (χ4n) is 2.86. The first-order valence-electron chi connectivity index (χ1n) is 8.69. The van der Waals surface area contributed by atoms with Crippen molar-refractivity contribution in [2.24, 2.45) is 5.73 Å². The van der Waals surface area contributed by atoms with E-state index in [1.54, 1.807) is 31.2 Å². The smallest absolute Gasteiger partial charge is 0.271 e. The van der Waals surface area contributed by atoms with E-state index in [1.807, 2.05) is 0 Å². The van der Waals surface area contributed by atoms with E-state index < -0.39 is 25.1 Å². The van der Waals surface area contributed by atoms with E-state index in [2.05, 4.69) is 5.10 Å². The molecule has 0 aliphatic heterocycles. The Morgan fingerprint density at radius 1 is 1.20 bits per heavy atom. The summed E-state index contributed by atoms with van der Waals surface area (Å²) in [6, 6.07) is 10.7. The number of aromatic nitrogens is 2. The molecule has 0 bridgehead atoms. The van der Waals surface area contributed by atoms with Crippen LogP contribution < -0.4 is 10.5 Å². The second kappa shape index (κ2) is 8.97. The molecular formula is C20H16Cl2F3N3O2. The highest BCUT2D eigenvalue weighted by Crippen LogP contribution is 2.33. The van der Waals surface area contributed by atoms with Crippen molar-refractivity contribution in [2.45, 2.75) is 19.5 Å². The van der Waals surface area contributed by atoms with Crippen LogP contribution in [-0.4, -0.2) is 34.9 Å². The van der Waals surface area contributed by atoms with Crippen LogP contribution in [-0.2, 0) is 0 Å². The van der Waals surface area contributed by atoms with Crippen LogP contribution in [0.1, 0.15) is 16.1 Å². The lowest BCUT2D eigenvalue weighted by molar-refractivity contribution is -0.0148. The van der Waals surface area contributed by atoms with Gasteiger partial charge in [0.2, 0.25) is 0 Å². The summed E-state index contributed by atoms with van der Waals surface area (Å²) >= 11 is 12.3. The SMILES string of the molecule is Cc1c(C(N)=O)nn(-c2ccc(Cl)cc2Cl)c1-c1ccc(OC(F)C(F)CF)cc1. The van der Waals surface area contributed by atoms with Crippen molar-refractivity contribution < 1.29 is 22.7 Å². The van der Waals surface area contributed by atoms with Gasteiger partial charge in [-0.1, -0.05) is 23.2 Å². The van der Waals surface area contributed by atoms with Crippen molar-refractivity contribution >= 4 is 29.1 Å². The molecule has 0 spiro atoms. The Balaban J connectivity index is 2.06. The van der Waals surface area contributed by atoms with Gasteiger partial charge in [-0.15, -0.1) is 0 Å². The Morgan fingerprint density at radius 2 is 1.87 bits per heavy atom. The number of carbonyl (C=O) groups excluding carboxylic acids is 1. The molecule has 158 valence electrons. The van der Waals surface area contributed by atoms with Gasteiger partial charge in [0.05, 0.1) is 16.4 Å². The topological polar surface area (TPSA) is 70.1 Å². The molecule has 0 saturated heterocycles. The molecule has 3 aromatic rings. The number of carbonyl (C=O) groups is 1. The summed E-state index contributed by atoms with van der Waals surface area (Å²) in [6.07, 6.45) is -4.80. The van der Waals surface area contributed by atoms with Gasteiger partial charge in [0.25, 0.3) is 12.3 Å². The molecule has 0 fully saturated rings. The third kappa shape index (κ3) is 4.39. The highest BCUT2D eigenvalue weighted by Gasteiger charge is 2.24. The molecule has 0 radical (unpaired) electrons. The van der Waals surface area contributed by atoms with Gasteiger partial charge < -0.3 is 10.5 Å². The van der Waals surface area contributed by atoms with Crippen molar-refractivity contribution in [3.8, 4) is 22.7 Å². The van der Waals surface area contributed by atoms with E-state index in [-0.39, 0.29) is 11.4 Å². The second-order valence-corrected chi connectivity index (χ2v) is 7.20. The van der Waals surface area contributed by atoms with Crippen molar-refractivity contribution in [3.63, 3.8) is 0 Å². The lowest BCUT2D eigenvalue weighted by Crippen LogP contribution is -2.25. The van der Waals surface area contributed by atoms with E-state index >= 15 is 0 Å². The molecule has 2 unspecified atom stereocenters. The monoisotopic (exact) mass is 457 g/mol. The van der Waals surface area contributed by atoms with Crippen molar-refractivity contribution in [1.82, 2.24) is 9.78 Å². The highest BCUT2D eigenvalue weighted by molar-refractivity contribution is 6.35. The van der Waals surface area contributed by atoms with Gasteiger partial charge in [0.1, 0.15) is 12.4 Å². The van der Waals surface area contributed by atoms with Crippen LogP contribution in [0.15, 0.2) is 42.5 Å². The number of benzene rings is 2. The van der Waals surface area contributed by atoms with Crippen molar-refractivity contribution in [3.05, 3.63) is 63.8 Å². The fourth-order valence-corrected chi connectivity index (χ4v) is 3.35. The first-order chi connectivity index (χ1) is 14.2. The van der Waals surface area contributed by atoms with Crippen LogP contribution in [0.5, 0.6) is 5.75 Å². The van der Waals surface area contributed by atoms with Gasteiger partial charge >= 0.3 is 0 Å². The van der Waals surface area contributed by atoms with Crippen molar-refractivity contribution in [2.75, 3.05) is 6.67 Å². The standard InChI is InChI=1S/C20H16Cl2F3N3O2/c1-10-17(20(26)29)27-28(16-7-4-12(21)8-14(16)22)18(10)11-2-5-13(6-3-11)30-19(25)15(24)9-23/h2-8,15,19H,9H2,1H3,(H2,26,29). The molecule has 3 rings (SSSR count). The van der Waals surface area contributed by atoms with Crippen LogP contribution in [0, 0.1) is 6.92 Å². The number of primary amides is 1. The molecule has 5 nitrogen and oxygen atoms in total. The van der Waals surface area contributed by atoms with Gasteiger partial charge in [0, 0.05) is 16.1 Å². The Morgan fingerprint density at radius 3 is 2.43 bits per heavy atom. The number of hydrogen-bond acceptors (Lipinski definition) is 3. The summed E-state index contributed by atoms with van der Waals surface area (Å²) in [7, 11) is 0. The normalized spacial score (nSPS) is 13.1. The minimum Gasteiger partial charge on any atom is -0.457 e. The first-order valence-corrected chi connectivity index (χ1v) is 9.44. The lowest BCUT2D eigenvalue weighted by Gasteiger charge is -2.14. The Bertz CT molecular complexity index is 1070. The molecular weight excluding hydrogens is 442 g/mol. The van der Waals surface area contributed by atoms with Crippen LogP contribution in [0.25, 0.3) is 16.9 Å². The molecule has 10 heteroatoms. The quantitative estimate of drug-likeness (QED) is 0.527. The lowest BCUT2D eigenvalue weighted by atomic mass is 10.1. The molecule has 2 aromatic carbocycles. The van der Waals surface area contributed by atoms with Crippen LogP contribution in [0.2, 0.25) is 10.0 Å². The summed E-state index contributed by atoms with van der Waals surface area (Å²) in [5, 5.41) is 5.00. The molecule has 1 heterocycles.